The van der Waals surface area contributed by atoms with E-state index in [4.69, 9.17) is 4.74 Å². The topological polar surface area (TPSA) is 36.0 Å². The van der Waals surface area contributed by atoms with Crippen molar-refractivity contribution in [1.29, 1.82) is 0 Å². The maximum Gasteiger partial charge on any atom is 0.409 e. The Hall–Kier alpha value is -1.82. The van der Waals surface area contributed by atoms with Crippen LogP contribution in [0.3, 0.4) is 0 Å². The number of ether oxygens (including phenoxy) is 1. The lowest BCUT2D eigenvalue weighted by Crippen LogP contribution is -2.48. The van der Waals surface area contributed by atoms with E-state index in [1.54, 1.807) is 4.90 Å². The van der Waals surface area contributed by atoms with E-state index in [-0.39, 0.29) is 11.9 Å². The average molecular weight is 293 g/mol. The summed E-state index contributed by atoms with van der Waals surface area (Å²) >= 11 is 0. The summed E-state index contributed by atoms with van der Waals surface area (Å²) in [5.41, 5.74) is 1.07. The first kappa shape index (κ1) is 14.1. The standard InChI is InChI=1S/C15H20FN3O2/c16-13-1-3-14(4-2-13)18-8-5-17(6-9-18)7-10-19-11-12-21-15(19)20/h1-4H,5-12H2. The Kier molecular flexibility index (Phi) is 4.24. The van der Waals surface area contributed by atoms with Gasteiger partial charge in [-0.15, -0.1) is 0 Å². The predicted octanol–water partition coefficient (Wildman–Crippen LogP) is 1.40. The number of nitrogens with zero attached hydrogens (tertiary/aromatic N) is 3. The van der Waals surface area contributed by atoms with Crippen molar-refractivity contribution in [1.82, 2.24) is 9.80 Å². The Morgan fingerprint density at radius 2 is 1.71 bits per heavy atom. The normalized spacial score (nSPS) is 20.0. The number of cyclic esters (lactones) is 1. The van der Waals surface area contributed by atoms with E-state index in [1.165, 1.54) is 12.1 Å². The van der Waals surface area contributed by atoms with E-state index in [2.05, 4.69) is 9.80 Å². The molecule has 1 amide bonds. The minimum atomic E-state index is -0.199. The molecule has 6 heteroatoms. The van der Waals surface area contributed by atoms with Gasteiger partial charge in [-0.2, -0.15) is 0 Å². The lowest BCUT2D eigenvalue weighted by molar-refractivity contribution is 0.152. The second-order valence-electron chi connectivity index (χ2n) is 5.41. The lowest BCUT2D eigenvalue weighted by Gasteiger charge is -2.36. The Bertz CT molecular complexity index is 486. The second kappa shape index (κ2) is 6.30. The molecule has 0 bridgehead atoms. The van der Waals surface area contributed by atoms with Gasteiger partial charge in [0.25, 0.3) is 0 Å². The zero-order valence-corrected chi connectivity index (χ0v) is 12.0. The van der Waals surface area contributed by atoms with Crippen molar-refractivity contribution in [2.24, 2.45) is 0 Å². The zero-order valence-electron chi connectivity index (χ0n) is 12.0. The van der Waals surface area contributed by atoms with E-state index in [0.29, 0.717) is 13.2 Å². The molecule has 114 valence electrons. The van der Waals surface area contributed by atoms with Gasteiger partial charge < -0.3 is 14.5 Å². The predicted molar refractivity (Wildman–Crippen MR) is 78.0 cm³/mol. The Morgan fingerprint density at radius 3 is 2.33 bits per heavy atom. The van der Waals surface area contributed by atoms with Gasteiger partial charge in [0.2, 0.25) is 0 Å². The average Bonchev–Trinajstić information content (AvgIpc) is 2.92. The van der Waals surface area contributed by atoms with Crippen molar-refractivity contribution in [3.05, 3.63) is 30.1 Å². The number of benzene rings is 1. The Labute approximate surface area is 123 Å². The van der Waals surface area contributed by atoms with Crippen molar-refractivity contribution >= 4 is 11.8 Å². The van der Waals surface area contributed by atoms with Gasteiger partial charge in [-0.05, 0) is 24.3 Å². The van der Waals surface area contributed by atoms with Gasteiger partial charge in [0.05, 0.1) is 6.54 Å². The van der Waals surface area contributed by atoms with Gasteiger partial charge in [0.15, 0.2) is 0 Å². The summed E-state index contributed by atoms with van der Waals surface area (Å²) in [6.45, 7) is 6.60. The third-order valence-corrected chi connectivity index (χ3v) is 4.10. The molecule has 0 aromatic heterocycles. The molecule has 5 nitrogen and oxygen atoms in total. The quantitative estimate of drug-likeness (QED) is 0.841. The van der Waals surface area contributed by atoms with Crippen LogP contribution in [0, 0.1) is 5.82 Å². The first-order chi connectivity index (χ1) is 10.2. The highest BCUT2D eigenvalue weighted by molar-refractivity contribution is 5.69. The fraction of sp³-hybridized carbons (Fsp3) is 0.533. The van der Waals surface area contributed by atoms with E-state index in [0.717, 1.165) is 45.0 Å². The zero-order chi connectivity index (χ0) is 14.7. The molecular formula is C15H20FN3O2. The summed E-state index contributed by atoms with van der Waals surface area (Å²) in [6.07, 6.45) is -0.194. The number of hydrogen-bond donors (Lipinski definition) is 0. The first-order valence-corrected chi connectivity index (χ1v) is 7.37. The number of hydrogen-bond acceptors (Lipinski definition) is 4. The molecule has 0 N–H and O–H groups in total. The van der Waals surface area contributed by atoms with Crippen molar-refractivity contribution in [2.75, 3.05) is 57.3 Å². The molecule has 3 rings (SSSR count). The van der Waals surface area contributed by atoms with E-state index in [1.807, 2.05) is 12.1 Å². The fourth-order valence-corrected chi connectivity index (χ4v) is 2.77. The van der Waals surface area contributed by atoms with Crippen molar-refractivity contribution in [3.8, 4) is 0 Å². The molecule has 0 unspecified atom stereocenters. The van der Waals surface area contributed by atoms with Crippen molar-refractivity contribution in [2.45, 2.75) is 0 Å². The number of carbonyl (C=O) groups excluding carboxylic acids is 1. The molecule has 2 fully saturated rings. The number of rotatable bonds is 4. The first-order valence-electron chi connectivity index (χ1n) is 7.37. The van der Waals surface area contributed by atoms with Crippen LogP contribution in [0.25, 0.3) is 0 Å². The molecule has 1 aromatic rings. The van der Waals surface area contributed by atoms with Gasteiger partial charge in [-0.1, -0.05) is 0 Å². The second-order valence-corrected chi connectivity index (χ2v) is 5.41. The molecular weight excluding hydrogens is 273 g/mol. The SMILES string of the molecule is O=C1OCCN1CCN1CCN(c2ccc(F)cc2)CC1. The third kappa shape index (κ3) is 3.44. The maximum atomic E-state index is 12.9. The van der Waals surface area contributed by atoms with Crippen LogP contribution >= 0.6 is 0 Å². The van der Waals surface area contributed by atoms with Crippen LogP contribution in [0.2, 0.25) is 0 Å². The minimum Gasteiger partial charge on any atom is -0.448 e. The van der Waals surface area contributed by atoms with Crippen LogP contribution in [0.4, 0.5) is 14.9 Å². The van der Waals surface area contributed by atoms with Crippen LogP contribution < -0.4 is 4.90 Å². The number of anilines is 1. The molecule has 2 aliphatic heterocycles. The molecule has 0 radical (unpaired) electrons. The Balaban J connectivity index is 1.44. The van der Waals surface area contributed by atoms with Gasteiger partial charge >= 0.3 is 6.09 Å². The summed E-state index contributed by atoms with van der Waals surface area (Å²) < 4.78 is 17.8. The Morgan fingerprint density at radius 1 is 1.00 bits per heavy atom. The maximum absolute atomic E-state index is 12.9. The summed E-state index contributed by atoms with van der Waals surface area (Å²) in [5.74, 6) is -0.199. The molecule has 0 aliphatic carbocycles. The lowest BCUT2D eigenvalue weighted by atomic mass is 10.2. The fourth-order valence-electron chi connectivity index (χ4n) is 2.77. The highest BCUT2D eigenvalue weighted by Gasteiger charge is 2.23. The van der Waals surface area contributed by atoms with Crippen molar-refractivity contribution in [3.63, 3.8) is 0 Å². The third-order valence-electron chi connectivity index (χ3n) is 4.10. The van der Waals surface area contributed by atoms with Crippen LogP contribution in [-0.4, -0.2) is 68.3 Å². The van der Waals surface area contributed by atoms with E-state index < -0.39 is 0 Å². The number of amides is 1. The molecule has 1 aromatic carbocycles. The van der Waals surface area contributed by atoms with Crippen molar-refractivity contribution < 1.29 is 13.9 Å². The minimum absolute atomic E-state index is 0.194. The van der Waals surface area contributed by atoms with Crippen LogP contribution in [0.5, 0.6) is 0 Å². The smallest absolute Gasteiger partial charge is 0.409 e. The molecule has 0 saturated carbocycles. The molecule has 2 saturated heterocycles. The van der Waals surface area contributed by atoms with Gasteiger partial charge in [0.1, 0.15) is 12.4 Å². The van der Waals surface area contributed by atoms with Crippen LogP contribution in [-0.2, 0) is 4.74 Å². The highest BCUT2D eigenvalue weighted by atomic mass is 19.1. The van der Waals surface area contributed by atoms with E-state index >= 15 is 0 Å². The molecule has 2 heterocycles. The van der Waals surface area contributed by atoms with Crippen LogP contribution in [0.15, 0.2) is 24.3 Å². The summed E-state index contributed by atoms with van der Waals surface area (Å²) in [5, 5.41) is 0. The molecule has 2 aliphatic rings. The summed E-state index contributed by atoms with van der Waals surface area (Å²) in [6, 6.07) is 6.65. The van der Waals surface area contributed by atoms with Gasteiger partial charge in [-0.25, -0.2) is 9.18 Å². The van der Waals surface area contributed by atoms with Gasteiger partial charge in [-0.3, -0.25) is 4.90 Å². The molecule has 21 heavy (non-hydrogen) atoms. The number of halogens is 1. The monoisotopic (exact) mass is 293 g/mol. The number of piperazine rings is 1. The van der Waals surface area contributed by atoms with Gasteiger partial charge in [0, 0.05) is 45.0 Å². The largest absolute Gasteiger partial charge is 0.448 e. The van der Waals surface area contributed by atoms with Crippen LogP contribution in [0.1, 0.15) is 0 Å². The molecule has 0 spiro atoms. The number of carbonyl (C=O) groups is 1. The van der Waals surface area contributed by atoms with E-state index in [9.17, 15) is 9.18 Å². The highest BCUT2D eigenvalue weighted by Crippen LogP contribution is 2.17. The summed E-state index contributed by atoms with van der Waals surface area (Å²) in [7, 11) is 0. The molecule has 0 atom stereocenters. The summed E-state index contributed by atoms with van der Waals surface area (Å²) in [4.78, 5) is 17.7.